The number of alkyl halides is 2. The van der Waals surface area contributed by atoms with Gasteiger partial charge in [0.2, 0.25) is 0 Å². The number of thiazole rings is 1. The lowest BCUT2D eigenvalue weighted by molar-refractivity contribution is 0.0447. The monoisotopic (exact) mass is 507 g/mol. The van der Waals surface area contributed by atoms with Crippen molar-refractivity contribution in [2.24, 2.45) is 0 Å². The summed E-state index contributed by atoms with van der Waals surface area (Å²) in [6.07, 6.45) is 0.789. The number of amides is 2. The Morgan fingerprint density at radius 2 is 2.00 bits per heavy atom. The maximum atomic E-state index is 14.2. The summed E-state index contributed by atoms with van der Waals surface area (Å²) in [4.78, 5) is 36.8. The largest absolute Gasteiger partial charge is 0.391 e. The molecule has 2 aromatic rings. The van der Waals surface area contributed by atoms with Crippen molar-refractivity contribution in [3.05, 3.63) is 28.5 Å². The van der Waals surface area contributed by atoms with E-state index < -0.39 is 18.4 Å². The van der Waals surface area contributed by atoms with Crippen LogP contribution < -0.4 is 10.6 Å². The Bertz CT molecular complexity index is 1120. The molecule has 2 amide bonds. The van der Waals surface area contributed by atoms with Crippen LogP contribution in [0.2, 0.25) is 0 Å². The molecule has 2 aliphatic rings. The average molecular weight is 508 g/mol. The van der Waals surface area contributed by atoms with Gasteiger partial charge < -0.3 is 20.6 Å². The molecular weight excluding hydrogens is 476 g/mol. The smallest absolute Gasteiger partial charge is 0.280 e. The van der Waals surface area contributed by atoms with E-state index in [0.717, 1.165) is 24.2 Å². The molecule has 2 aromatic heterocycles. The third-order valence-corrected chi connectivity index (χ3v) is 7.40. The number of hydrogen-bond acceptors (Lipinski definition) is 7. The van der Waals surface area contributed by atoms with E-state index in [9.17, 15) is 23.5 Å². The first-order valence-corrected chi connectivity index (χ1v) is 12.6. The summed E-state index contributed by atoms with van der Waals surface area (Å²) in [5.74, 6) is -0.633. The summed E-state index contributed by atoms with van der Waals surface area (Å²) in [6, 6.07) is 0.890. The van der Waals surface area contributed by atoms with E-state index in [1.54, 1.807) is 4.90 Å². The fourth-order valence-corrected chi connectivity index (χ4v) is 5.28. The van der Waals surface area contributed by atoms with Crippen molar-refractivity contribution in [2.45, 2.75) is 83.5 Å². The lowest BCUT2D eigenvalue weighted by Crippen LogP contribution is -2.50. The predicted octanol–water partition coefficient (Wildman–Crippen LogP) is 4.23. The van der Waals surface area contributed by atoms with E-state index in [2.05, 4.69) is 20.6 Å². The van der Waals surface area contributed by atoms with Gasteiger partial charge in [0, 0.05) is 35.4 Å². The van der Waals surface area contributed by atoms with Crippen LogP contribution in [-0.2, 0) is 0 Å². The number of hydrogen-bond donors (Lipinski definition) is 3. The molecule has 190 valence electrons. The van der Waals surface area contributed by atoms with E-state index >= 15 is 0 Å². The topological polar surface area (TPSA) is 107 Å². The van der Waals surface area contributed by atoms with Crippen molar-refractivity contribution < 1.29 is 23.5 Å². The molecular formula is C24H31F2N5O3S. The van der Waals surface area contributed by atoms with Crippen molar-refractivity contribution in [1.29, 1.82) is 0 Å². The summed E-state index contributed by atoms with van der Waals surface area (Å²) in [5, 5.41) is 15.6. The Balaban J connectivity index is 1.76. The number of pyridine rings is 1. The van der Waals surface area contributed by atoms with Crippen LogP contribution >= 0.6 is 11.3 Å². The molecule has 0 spiro atoms. The molecule has 1 saturated heterocycles. The lowest BCUT2D eigenvalue weighted by Gasteiger charge is -2.32. The van der Waals surface area contributed by atoms with Crippen LogP contribution in [0.3, 0.4) is 0 Å². The zero-order valence-corrected chi connectivity index (χ0v) is 21.1. The molecule has 3 N–H and O–H groups in total. The fourth-order valence-electron chi connectivity index (χ4n) is 4.29. The molecule has 1 saturated carbocycles. The molecule has 0 unspecified atom stereocenters. The van der Waals surface area contributed by atoms with Gasteiger partial charge in [0.05, 0.1) is 17.0 Å². The lowest BCUT2D eigenvalue weighted by atomic mass is 9.89. The molecule has 0 aromatic carbocycles. The molecule has 11 heteroatoms. The molecule has 3 heterocycles. The number of aliphatic hydroxyl groups is 1. The highest BCUT2D eigenvalue weighted by atomic mass is 32.1. The van der Waals surface area contributed by atoms with Gasteiger partial charge in [-0.3, -0.25) is 9.59 Å². The Hall–Kier alpha value is -2.66. The van der Waals surface area contributed by atoms with Gasteiger partial charge in [-0.25, -0.2) is 18.7 Å². The molecule has 4 rings (SSSR count). The minimum Gasteiger partial charge on any atom is -0.391 e. The third kappa shape index (κ3) is 5.45. The number of halogens is 2. The number of likely N-dealkylation sites (tertiary alicyclic amines) is 1. The molecule has 2 fully saturated rings. The van der Waals surface area contributed by atoms with Crippen molar-refractivity contribution in [2.75, 3.05) is 11.9 Å². The molecule has 35 heavy (non-hydrogen) atoms. The summed E-state index contributed by atoms with van der Waals surface area (Å²) < 4.78 is 28.4. The van der Waals surface area contributed by atoms with E-state index in [0.29, 0.717) is 25.2 Å². The van der Waals surface area contributed by atoms with Crippen LogP contribution in [0.4, 0.5) is 14.6 Å². The molecule has 1 aliphatic heterocycles. The van der Waals surface area contributed by atoms with Crippen LogP contribution in [0.5, 0.6) is 0 Å². The number of anilines is 1. The summed E-state index contributed by atoms with van der Waals surface area (Å²) in [6.45, 7) is 8.16. The number of nitrogens with zero attached hydrogens (tertiary/aromatic N) is 3. The number of nitrogens with one attached hydrogen (secondary N) is 2. The van der Waals surface area contributed by atoms with E-state index in [4.69, 9.17) is 0 Å². The molecule has 8 nitrogen and oxygen atoms in total. The second kappa shape index (κ2) is 9.77. The first-order valence-electron chi connectivity index (χ1n) is 11.8. The molecule has 0 bridgehead atoms. The van der Waals surface area contributed by atoms with Crippen molar-refractivity contribution in [1.82, 2.24) is 20.2 Å². The van der Waals surface area contributed by atoms with Crippen LogP contribution in [0.15, 0.2) is 12.3 Å². The Labute approximate surface area is 207 Å². The standard InChI is InChI=1S/C24H31F2N5O3S/c1-12-6-5-9-31(12)23(34)18-19(35-22(29-18)21(33)28-15-7-8-16(15)32)14-11-27-17(30-24(2,3)4)10-13(14)20(25)26/h10-12,15-16,20,32H,5-9H2,1-4H3,(H,27,30)(H,28,33)/t12-,15-,16-/m0/s1. The van der Waals surface area contributed by atoms with Crippen LogP contribution in [0.25, 0.3) is 10.4 Å². The minimum absolute atomic E-state index is 0.00795. The van der Waals surface area contributed by atoms with Gasteiger partial charge in [0.25, 0.3) is 18.2 Å². The van der Waals surface area contributed by atoms with Gasteiger partial charge >= 0.3 is 0 Å². The maximum Gasteiger partial charge on any atom is 0.280 e. The van der Waals surface area contributed by atoms with Crippen molar-refractivity contribution in [3.8, 4) is 10.4 Å². The highest BCUT2D eigenvalue weighted by Gasteiger charge is 2.35. The van der Waals surface area contributed by atoms with Crippen molar-refractivity contribution in [3.63, 3.8) is 0 Å². The Morgan fingerprint density at radius 1 is 1.26 bits per heavy atom. The van der Waals surface area contributed by atoms with Gasteiger partial charge in [-0.1, -0.05) is 0 Å². The number of carbonyl (C=O) groups excluding carboxylic acids is 2. The quantitative estimate of drug-likeness (QED) is 0.540. The van der Waals surface area contributed by atoms with E-state index in [1.165, 1.54) is 12.3 Å². The predicted molar refractivity (Wildman–Crippen MR) is 130 cm³/mol. The van der Waals surface area contributed by atoms with E-state index in [-0.39, 0.29) is 50.2 Å². The molecule has 3 atom stereocenters. The van der Waals surface area contributed by atoms with Gasteiger partial charge in [0.15, 0.2) is 5.01 Å². The van der Waals surface area contributed by atoms with Gasteiger partial charge in [0.1, 0.15) is 11.5 Å². The number of carbonyl (C=O) groups is 2. The third-order valence-electron chi connectivity index (χ3n) is 6.31. The Kier molecular flexibility index (Phi) is 7.10. The molecule has 1 aliphatic carbocycles. The van der Waals surface area contributed by atoms with Gasteiger partial charge in [-0.05, 0) is 59.4 Å². The zero-order chi connectivity index (χ0) is 25.5. The van der Waals surface area contributed by atoms with Crippen LogP contribution in [0, 0.1) is 0 Å². The maximum absolute atomic E-state index is 14.2. The number of aromatic nitrogens is 2. The summed E-state index contributed by atoms with van der Waals surface area (Å²) in [5.41, 5.74) is -0.624. The second-order valence-corrected chi connectivity index (χ2v) is 11.2. The molecule has 0 radical (unpaired) electrons. The number of aliphatic hydroxyl groups excluding tert-OH is 1. The summed E-state index contributed by atoms with van der Waals surface area (Å²) in [7, 11) is 0. The Morgan fingerprint density at radius 3 is 2.54 bits per heavy atom. The SMILES string of the molecule is C[C@H]1CCCN1C(=O)c1nc(C(=O)N[C@H]2CC[C@@H]2O)sc1-c1cnc(NC(C)(C)C)cc1C(F)F. The zero-order valence-electron chi connectivity index (χ0n) is 20.3. The van der Waals surface area contributed by atoms with Gasteiger partial charge in [-0.15, -0.1) is 11.3 Å². The fraction of sp³-hybridized carbons (Fsp3) is 0.583. The van der Waals surface area contributed by atoms with E-state index in [1.807, 2.05) is 27.7 Å². The normalized spacial score (nSPS) is 22.3. The highest BCUT2D eigenvalue weighted by Crippen LogP contribution is 2.39. The second-order valence-electron chi connectivity index (χ2n) is 10.2. The van der Waals surface area contributed by atoms with Crippen LogP contribution in [0.1, 0.15) is 85.7 Å². The summed E-state index contributed by atoms with van der Waals surface area (Å²) >= 11 is 0.891. The first kappa shape index (κ1) is 25.4. The average Bonchev–Trinajstić information content (AvgIpc) is 3.41. The number of rotatable bonds is 6. The van der Waals surface area contributed by atoms with Gasteiger partial charge in [-0.2, -0.15) is 0 Å². The highest BCUT2D eigenvalue weighted by molar-refractivity contribution is 7.17. The minimum atomic E-state index is -2.83. The first-order chi connectivity index (χ1) is 16.4. The van der Waals surface area contributed by atoms with Crippen molar-refractivity contribution >= 4 is 29.0 Å². The van der Waals surface area contributed by atoms with Crippen LogP contribution in [-0.4, -0.2) is 62.1 Å².